The van der Waals surface area contributed by atoms with Crippen molar-refractivity contribution in [2.24, 2.45) is 0 Å². The molecule has 0 fully saturated rings. The van der Waals surface area contributed by atoms with Crippen molar-refractivity contribution in [1.29, 1.82) is 0 Å². The van der Waals surface area contributed by atoms with E-state index in [-0.39, 0.29) is 0 Å². The van der Waals surface area contributed by atoms with E-state index in [0.717, 1.165) is 0 Å². The third-order valence-electron chi connectivity index (χ3n) is 2.95. The zero-order valence-corrected chi connectivity index (χ0v) is 12.9. The Labute approximate surface area is 127 Å². The molecular weight excluding hydrogens is 298 g/mol. The van der Waals surface area contributed by atoms with E-state index in [1.54, 1.807) is 19.1 Å². The van der Waals surface area contributed by atoms with E-state index in [4.69, 9.17) is 14.2 Å². The molecular formula is C14H20F2N2O4. The lowest BCUT2D eigenvalue weighted by atomic mass is 10.1. The molecule has 22 heavy (non-hydrogen) atoms. The highest BCUT2D eigenvalue weighted by Gasteiger charge is 2.17. The van der Waals surface area contributed by atoms with Gasteiger partial charge in [0.15, 0.2) is 11.5 Å². The number of urea groups is 1. The van der Waals surface area contributed by atoms with Crippen molar-refractivity contribution < 1.29 is 27.8 Å². The van der Waals surface area contributed by atoms with Gasteiger partial charge in [0, 0.05) is 0 Å². The summed E-state index contributed by atoms with van der Waals surface area (Å²) in [4.78, 5) is 11.5. The number of benzene rings is 1. The van der Waals surface area contributed by atoms with Gasteiger partial charge in [-0.15, -0.1) is 0 Å². The summed E-state index contributed by atoms with van der Waals surface area (Å²) in [5, 5.41) is 4.63. The minimum absolute atomic E-state index is 0.433. The lowest BCUT2D eigenvalue weighted by Gasteiger charge is -2.19. The first-order valence-electron chi connectivity index (χ1n) is 6.55. The van der Waals surface area contributed by atoms with Crippen molar-refractivity contribution in [1.82, 2.24) is 10.6 Å². The Morgan fingerprint density at radius 2 is 1.68 bits per heavy atom. The second-order valence-corrected chi connectivity index (χ2v) is 4.43. The predicted molar refractivity (Wildman–Crippen MR) is 77.1 cm³/mol. The maximum atomic E-state index is 12.0. The first-order valence-corrected chi connectivity index (χ1v) is 6.55. The highest BCUT2D eigenvalue weighted by atomic mass is 19.3. The van der Waals surface area contributed by atoms with Crippen LogP contribution >= 0.6 is 0 Å². The van der Waals surface area contributed by atoms with Crippen LogP contribution in [0.4, 0.5) is 13.6 Å². The van der Waals surface area contributed by atoms with E-state index in [9.17, 15) is 13.6 Å². The summed E-state index contributed by atoms with van der Waals surface area (Å²) in [6.45, 7) is 1.01. The fraction of sp³-hybridized carbons (Fsp3) is 0.500. The summed E-state index contributed by atoms with van der Waals surface area (Å²) in [5.74, 6) is 1.32. The van der Waals surface area contributed by atoms with Crippen LogP contribution in [0.15, 0.2) is 12.1 Å². The van der Waals surface area contributed by atoms with Crippen molar-refractivity contribution in [3.63, 3.8) is 0 Å². The summed E-state index contributed by atoms with van der Waals surface area (Å²) in [6, 6.07) is 2.24. The van der Waals surface area contributed by atoms with Crippen LogP contribution in [-0.4, -0.2) is 40.3 Å². The minimum Gasteiger partial charge on any atom is -0.493 e. The van der Waals surface area contributed by atoms with Gasteiger partial charge >= 0.3 is 6.03 Å². The Hall–Kier alpha value is -2.25. The summed E-state index contributed by atoms with van der Waals surface area (Å²) in [6.07, 6.45) is -2.60. The molecule has 0 saturated carbocycles. The molecule has 0 aliphatic rings. The van der Waals surface area contributed by atoms with Crippen molar-refractivity contribution in [2.45, 2.75) is 19.4 Å². The lowest BCUT2D eigenvalue weighted by molar-refractivity contribution is 0.146. The van der Waals surface area contributed by atoms with Gasteiger partial charge in [0.05, 0.1) is 33.9 Å². The Morgan fingerprint density at radius 3 is 2.09 bits per heavy atom. The van der Waals surface area contributed by atoms with E-state index in [1.165, 1.54) is 21.3 Å². The largest absolute Gasteiger partial charge is 0.493 e. The molecule has 0 spiro atoms. The molecule has 1 unspecified atom stereocenters. The lowest BCUT2D eigenvalue weighted by Crippen LogP contribution is -2.39. The standard InChI is InChI=1S/C14H20F2N2O4/c1-8(18-14(19)17-7-12(15)16)9-5-10(20-2)13(22-4)11(6-9)21-3/h5-6,8,12H,7H2,1-4H3,(H2,17,18,19). The maximum Gasteiger partial charge on any atom is 0.315 e. The maximum absolute atomic E-state index is 12.0. The molecule has 2 amide bonds. The second kappa shape index (κ2) is 8.26. The average molecular weight is 318 g/mol. The Kier molecular flexibility index (Phi) is 6.68. The Bertz CT molecular complexity index is 487. The smallest absolute Gasteiger partial charge is 0.315 e. The highest BCUT2D eigenvalue weighted by Crippen LogP contribution is 2.39. The Balaban J connectivity index is 2.89. The molecule has 1 atom stereocenters. The first kappa shape index (κ1) is 17.8. The number of methoxy groups -OCH3 is 3. The second-order valence-electron chi connectivity index (χ2n) is 4.43. The van der Waals surface area contributed by atoms with Gasteiger partial charge in [0.25, 0.3) is 6.43 Å². The van der Waals surface area contributed by atoms with Crippen molar-refractivity contribution in [2.75, 3.05) is 27.9 Å². The average Bonchev–Trinajstić information content (AvgIpc) is 2.51. The first-order chi connectivity index (χ1) is 10.4. The molecule has 0 radical (unpaired) electrons. The molecule has 0 bridgehead atoms. The molecule has 0 aromatic heterocycles. The quantitative estimate of drug-likeness (QED) is 0.810. The zero-order chi connectivity index (χ0) is 16.7. The van der Waals surface area contributed by atoms with Gasteiger partial charge in [-0.25, -0.2) is 13.6 Å². The van der Waals surface area contributed by atoms with Crippen LogP contribution in [0.2, 0.25) is 0 Å². The van der Waals surface area contributed by atoms with E-state index in [0.29, 0.717) is 22.8 Å². The number of hydrogen-bond acceptors (Lipinski definition) is 4. The number of halogens is 2. The zero-order valence-electron chi connectivity index (χ0n) is 12.9. The molecule has 2 N–H and O–H groups in total. The molecule has 1 rings (SSSR count). The highest BCUT2D eigenvalue weighted by molar-refractivity contribution is 5.74. The van der Waals surface area contributed by atoms with Gasteiger partial charge in [-0.1, -0.05) is 0 Å². The van der Waals surface area contributed by atoms with Gasteiger partial charge in [-0.05, 0) is 24.6 Å². The number of amides is 2. The third kappa shape index (κ3) is 4.64. The van der Waals surface area contributed by atoms with Crippen LogP contribution in [0.25, 0.3) is 0 Å². The topological polar surface area (TPSA) is 68.8 Å². The number of nitrogens with one attached hydrogen (secondary N) is 2. The summed E-state index contributed by atoms with van der Waals surface area (Å²) < 4.78 is 39.7. The molecule has 124 valence electrons. The number of alkyl halides is 2. The van der Waals surface area contributed by atoms with Crippen LogP contribution in [0.3, 0.4) is 0 Å². The van der Waals surface area contributed by atoms with Crippen molar-refractivity contribution in [3.05, 3.63) is 17.7 Å². The van der Waals surface area contributed by atoms with Crippen LogP contribution in [0.5, 0.6) is 17.2 Å². The van der Waals surface area contributed by atoms with Gasteiger partial charge in [-0.3, -0.25) is 0 Å². The number of ether oxygens (including phenoxy) is 3. The number of rotatable bonds is 7. The van der Waals surface area contributed by atoms with E-state index in [1.807, 2.05) is 0 Å². The fourth-order valence-corrected chi connectivity index (χ4v) is 1.85. The monoisotopic (exact) mass is 318 g/mol. The Morgan fingerprint density at radius 1 is 1.14 bits per heavy atom. The number of hydrogen-bond donors (Lipinski definition) is 2. The van der Waals surface area contributed by atoms with Crippen LogP contribution in [-0.2, 0) is 0 Å². The SMILES string of the molecule is COc1cc(C(C)NC(=O)NCC(F)F)cc(OC)c1OC. The summed E-state index contributed by atoms with van der Waals surface area (Å²) in [7, 11) is 4.45. The van der Waals surface area contributed by atoms with Crippen molar-refractivity contribution >= 4 is 6.03 Å². The van der Waals surface area contributed by atoms with Gasteiger partial charge in [0.1, 0.15) is 0 Å². The van der Waals surface area contributed by atoms with Gasteiger partial charge in [0.2, 0.25) is 5.75 Å². The fourth-order valence-electron chi connectivity index (χ4n) is 1.85. The van der Waals surface area contributed by atoms with E-state index >= 15 is 0 Å². The molecule has 0 aliphatic heterocycles. The molecule has 1 aromatic carbocycles. The summed E-state index contributed by atoms with van der Waals surface area (Å²) in [5.41, 5.74) is 0.682. The predicted octanol–water partition coefficient (Wildman–Crippen LogP) is 2.34. The van der Waals surface area contributed by atoms with Crippen LogP contribution in [0, 0.1) is 0 Å². The minimum atomic E-state index is -2.60. The van der Waals surface area contributed by atoms with E-state index < -0.39 is 25.0 Å². The van der Waals surface area contributed by atoms with Crippen molar-refractivity contribution in [3.8, 4) is 17.2 Å². The van der Waals surface area contributed by atoms with Gasteiger partial charge in [-0.2, -0.15) is 0 Å². The van der Waals surface area contributed by atoms with Gasteiger partial charge < -0.3 is 24.8 Å². The van der Waals surface area contributed by atoms with E-state index in [2.05, 4.69) is 10.6 Å². The van der Waals surface area contributed by atoms with Crippen LogP contribution < -0.4 is 24.8 Å². The third-order valence-corrected chi connectivity index (χ3v) is 2.95. The molecule has 0 heterocycles. The molecule has 6 nitrogen and oxygen atoms in total. The number of carbonyl (C=O) groups is 1. The number of carbonyl (C=O) groups excluding carboxylic acids is 1. The molecule has 0 saturated heterocycles. The molecule has 1 aromatic rings. The normalized spacial score (nSPS) is 11.8. The molecule has 8 heteroatoms. The van der Waals surface area contributed by atoms with Crippen LogP contribution in [0.1, 0.15) is 18.5 Å². The summed E-state index contributed by atoms with van der Waals surface area (Å²) >= 11 is 0. The molecule has 0 aliphatic carbocycles.